The molecule has 5 heteroatoms. The van der Waals surface area contributed by atoms with Gasteiger partial charge in [-0.15, -0.1) is 0 Å². The highest BCUT2D eigenvalue weighted by molar-refractivity contribution is 5.90. The highest BCUT2D eigenvalue weighted by Gasteiger charge is 2.38. The minimum Gasteiger partial charge on any atom is -0.492 e. The van der Waals surface area contributed by atoms with Crippen molar-refractivity contribution < 1.29 is 24.5 Å². The number of carboxylic acids is 1. The summed E-state index contributed by atoms with van der Waals surface area (Å²) in [6.07, 6.45) is 1.74. The van der Waals surface area contributed by atoms with Crippen LogP contribution in [0.15, 0.2) is 42.5 Å². The molecule has 26 heavy (non-hydrogen) atoms. The second-order valence-electron chi connectivity index (χ2n) is 6.92. The number of carboxylic acid groups (broad SMARTS) is 1. The number of rotatable bonds is 8. The molecule has 0 saturated carbocycles. The normalized spacial score (nSPS) is 18.4. The molecule has 2 aromatic rings. The monoisotopic (exact) mass is 356 g/mol. The Morgan fingerprint density at radius 3 is 2.69 bits per heavy atom. The summed E-state index contributed by atoms with van der Waals surface area (Å²) >= 11 is 0. The SMILES string of the molecule is CC1(CCCOCc2ccccc2)COc2c1ccc(C(=O)O)c2CO. The van der Waals surface area contributed by atoms with Crippen LogP contribution in [0.25, 0.3) is 0 Å². The van der Waals surface area contributed by atoms with Gasteiger partial charge in [-0.3, -0.25) is 0 Å². The lowest BCUT2D eigenvalue weighted by Gasteiger charge is -2.23. The summed E-state index contributed by atoms with van der Waals surface area (Å²) in [5.74, 6) is -0.525. The maximum Gasteiger partial charge on any atom is 0.336 e. The Hall–Kier alpha value is -2.37. The molecule has 5 nitrogen and oxygen atoms in total. The maximum atomic E-state index is 11.3. The van der Waals surface area contributed by atoms with Gasteiger partial charge in [-0.2, -0.15) is 0 Å². The first-order chi connectivity index (χ1) is 12.5. The third kappa shape index (κ3) is 3.74. The zero-order valence-corrected chi connectivity index (χ0v) is 14.9. The van der Waals surface area contributed by atoms with Crippen molar-refractivity contribution in [2.45, 2.75) is 38.4 Å². The van der Waals surface area contributed by atoms with Gasteiger partial charge in [0, 0.05) is 23.1 Å². The highest BCUT2D eigenvalue weighted by Crippen LogP contribution is 2.44. The number of ether oxygens (including phenoxy) is 2. The Morgan fingerprint density at radius 1 is 1.23 bits per heavy atom. The van der Waals surface area contributed by atoms with E-state index in [1.165, 1.54) is 0 Å². The molecule has 2 N–H and O–H groups in total. The van der Waals surface area contributed by atoms with Gasteiger partial charge in [0.1, 0.15) is 5.75 Å². The number of benzene rings is 2. The van der Waals surface area contributed by atoms with Crippen LogP contribution in [0.4, 0.5) is 0 Å². The molecule has 0 fully saturated rings. The van der Waals surface area contributed by atoms with Gasteiger partial charge >= 0.3 is 5.97 Å². The molecule has 1 atom stereocenters. The number of hydrogen-bond acceptors (Lipinski definition) is 4. The Kier molecular flexibility index (Phi) is 5.59. The molecule has 0 aliphatic carbocycles. The second kappa shape index (κ2) is 7.89. The number of fused-ring (bicyclic) bond motifs is 1. The van der Waals surface area contributed by atoms with Crippen LogP contribution in [0.5, 0.6) is 5.75 Å². The molecule has 0 spiro atoms. The Balaban J connectivity index is 1.61. The average Bonchev–Trinajstić information content (AvgIpc) is 2.98. The predicted molar refractivity (Wildman–Crippen MR) is 97.5 cm³/mol. The highest BCUT2D eigenvalue weighted by atomic mass is 16.5. The van der Waals surface area contributed by atoms with Crippen LogP contribution >= 0.6 is 0 Å². The van der Waals surface area contributed by atoms with Crippen LogP contribution in [0, 0.1) is 0 Å². The van der Waals surface area contributed by atoms with E-state index in [2.05, 4.69) is 6.92 Å². The van der Waals surface area contributed by atoms with Crippen LogP contribution < -0.4 is 4.74 Å². The van der Waals surface area contributed by atoms with Crippen molar-refractivity contribution in [3.8, 4) is 5.75 Å². The van der Waals surface area contributed by atoms with E-state index in [9.17, 15) is 15.0 Å². The van der Waals surface area contributed by atoms with Crippen molar-refractivity contribution in [2.24, 2.45) is 0 Å². The molecule has 1 aliphatic rings. The van der Waals surface area contributed by atoms with Crippen LogP contribution in [-0.2, 0) is 23.4 Å². The number of aromatic carboxylic acids is 1. The predicted octanol–water partition coefficient (Wildman–Crippen LogP) is 3.52. The zero-order chi connectivity index (χ0) is 18.6. The Labute approximate surface area is 153 Å². The topological polar surface area (TPSA) is 76.0 Å². The number of hydrogen-bond donors (Lipinski definition) is 2. The largest absolute Gasteiger partial charge is 0.492 e. The first kappa shape index (κ1) is 18.4. The number of carbonyl (C=O) groups is 1. The van der Waals surface area contributed by atoms with Crippen molar-refractivity contribution in [3.63, 3.8) is 0 Å². The standard InChI is InChI=1S/C21H24O5/c1-21(10-5-11-25-13-15-6-3-2-4-7-15)14-26-19-17(12-22)16(20(23)24)8-9-18(19)21/h2-4,6-9,22H,5,10-14H2,1H3,(H,23,24). The van der Waals surface area contributed by atoms with Gasteiger partial charge in [-0.05, 0) is 24.5 Å². The molecule has 0 bridgehead atoms. The lowest BCUT2D eigenvalue weighted by atomic mass is 9.79. The fraction of sp³-hybridized carbons (Fsp3) is 0.381. The van der Waals surface area contributed by atoms with Gasteiger partial charge < -0.3 is 19.7 Å². The average molecular weight is 356 g/mol. The molecule has 138 valence electrons. The van der Waals surface area contributed by atoms with Crippen molar-refractivity contribution in [2.75, 3.05) is 13.2 Å². The second-order valence-corrected chi connectivity index (χ2v) is 6.92. The molecule has 0 saturated heterocycles. The van der Waals surface area contributed by atoms with Crippen molar-refractivity contribution >= 4 is 5.97 Å². The zero-order valence-electron chi connectivity index (χ0n) is 14.9. The van der Waals surface area contributed by atoms with E-state index in [0.717, 1.165) is 24.0 Å². The van der Waals surface area contributed by atoms with Crippen LogP contribution in [-0.4, -0.2) is 29.4 Å². The Bertz CT molecular complexity index is 771. The summed E-state index contributed by atoms with van der Waals surface area (Å²) in [5, 5.41) is 18.9. The summed E-state index contributed by atoms with van der Waals surface area (Å²) in [6.45, 7) is 3.50. The van der Waals surface area contributed by atoms with Gasteiger partial charge in [0.05, 0.1) is 25.4 Å². The van der Waals surface area contributed by atoms with E-state index in [4.69, 9.17) is 9.47 Å². The quantitative estimate of drug-likeness (QED) is 0.708. The van der Waals surface area contributed by atoms with Crippen LogP contribution in [0.3, 0.4) is 0 Å². The van der Waals surface area contributed by atoms with Gasteiger partial charge in [-0.25, -0.2) is 4.79 Å². The fourth-order valence-electron chi connectivity index (χ4n) is 3.47. The lowest BCUT2D eigenvalue weighted by molar-refractivity contribution is 0.0692. The fourth-order valence-corrected chi connectivity index (χ4v) is 3.47. The minimum absolute atomic E-state index is 0.0988. The number of aliphatic hydroxyl groups is 1. The van der Waals surface area contributed by atoms with E-state index in [1.54, 1.807) is 6.07 Å². The van der Waals surface area contributed by atoms with E-state index in [0.29, 0.717) is 31.1 Å². The molecule has 1 aliphatic heterocycles. The first-order valence-electron chi connectivity index (χ1n) is 8.80. The first-order valence-corrected chi connectivity index (χ1v) is 8.80. The third-order valence-corrected chi connectivity index (χ3v) is 4.96. The molecule has 1 unspecified atom stereocenters. The Morgan fingerprint density at radius 2 is 2.00 bits per heavy atom. The molecular formula is C21H24O5. The van der Waals surface area contributed by atoms with Crippen molar-refractivity contribution in [1.82, 2.24) is 0 Å². The summed E-state index contributed by atoms with van der Waals surface area (Å²) in [7, 11) is 0. The van der Waals surface area contributed by atoms with Gasteiger partial charge in [-0.1, -0.05) is 43.3 Å². The molecule has 0 aromatic heterocycles. The smallest absolute Gasteiger partial charge is 0.336 e. The minimum atomic E-state index is -1.05. The molecule has 2 aromatic carbocycles. The van der Waals surface area contributed by atoms with Crippen LogP contribution in [0.2, 0.25) is 0 Å². The van der Waals surface area contributed by atoms with E-state index < -0.39 is 5.97 Å². The van der Waals surface area contributed by atoms with Gasteiger partial charge in [0.2, 0.25) is 0 Å². The third-order valence-electron chi connectivity index (χ3n) is 4.96. The molecule has 3 rings (SSSR count). The molecule has 0 amide bonds. The molecular weight excluding hydrogens is 332 g/mol. The number of aliphatic hydroxyl groups excluding tert-OH is 1. The summed E-state index contributed by atoms with van der Waals surface area (Å²) in [5.41, 5.74) is 2.38. The summed E-state index contributed by atoms with van der Waals surface area (Å²) < 4.78 is 11.5. The van der Waals surface area contributed by atoms with E-state index >= 15 is 0 Å². The van der Waals surface area contributed by atoms with E-state index in [-0.39, 0.29) is 17.6 Å². The van der Waals surface area contributed by atoms with E-state index in [1.807, 2.05) is 36.4 Å². The van der Waals surface area contributed by atoms with Gasteiger partial charge in [0.15, 0.2) is 0 Å². The van der Waals surface area contributed by atoms with Crippen molar-refractivity contribution in [1.29, 1.82) is 0 Å². The maximum absolute atomic E-state index is 11.3. The van der Waals surface area contributed by atoms with Gasteiger partial charge in [0.25, 0.3) is 0 Å². The van der Waals surface area contributed by atoms with Crippen LogP contribution in [0.1, 0.15) is 46.8 Å². The molecule has 1 heterocycles. The summed E-state index contributed by atoms with van der Waals surface area (Å²) in [6, 6.07) is 13.4. The summed E-state index contributed by atoms with van der Waals surface area (Å²) in [4.78, 5) is 11.3. The van der Waals surface area contributed by atoms with Crippen molar-refractivity contribution in [3.05, 3.63) is 64.7 Å². The lowest BCUT2D eigenvalue weighted by Crippen LogP contribution is -2.24. The molecule has 0 radical (unpaired) electrons.